The maximum absolute atomic E-state index is 9.92. The molecule has 0 aromatic heterocycles. The van der Waals surface area contributed by atoms with Gasteiger partial charge in [0, 0.05) is 18.6 Å². The second-order valence-electron chi connectivity index (χ2n) is 5.74. The number of aliphatic hydroxyl groups is 3. The van der Waals surface area contributed by atoms with Gasteiger partial charge in [-0.25, -0.2) is 0 Å². The minimum atomic E-state index is -1.35. The molecule has 8 heteroatoms. The van der Waals surface area contributed by atoms with Gasteiger partial charge in [0.05, 0.1) is 6.10 Å². The third kappa shape index (κ3) is 3.46. The average molecular weight is 291 g/mol. The van der Waals surface area contributed by atoms with E-state index in [1.165, 1.54) is 0 Å². The molecule has 0 aromatic rings. The fraction of sp³-hybridized carbons (Fsp3) is 1.00. The first kappa shape index (κ1) is 16.1. The summed E-state index contributed by atoms with van der Waals surface area (Å²) in [7, 11) is 0. The predicted octanol–water partition coefficient (Wildman–Crippen LogP) is -3.02. The topological polar surface area (TPSA) is 157 Å². The maximum Gasteiger partial charge on any atom is 0.186 e. The fourth-order valence-corrected chi connectivity index (χ4v) is 2.88. The minimum Gasteiger partial charge on any atom is -0.388 e. The molecule has 1 aliphatic carbocycles. The molecule has 0 amide bonds. The lowest BCUT2D eigenvalue weighted by Crippen LogP contribution is -2.61. The van der Waals surface area contributed by atoms with E-state index in [0.717, 1.165) is 6.42 Å². The Morgan fingerprint density at radius 3 is 2.10 bits per heavy atom. The Hall–Kier alpha value is -0.320. The lowest BCUT2D eigenvalue weighted by Gasteiger charge is -2.42. The van der Waals surface area contributed by atoms with Crippen molar-refractivity contribution in [1.82, 2.24) is 0 Å². The van der Waals surface area contributed by atoms with Gasteiger partial charge >= 0.3 is 0 Å². The third-order valence-electron chi connectivity index (χ3n) is 3.96. The van der Waals surface area contributed by atoms with Gasteiger partial charge in [0.15, 0.2) is 6.29 Å². The van der Waals surface area contributed by atoms with Gasteiger partial charge in [0.1, 0.15) is 24.4 Å². The van der Waals surface area contributed by atoms with Crippen LogP contribution in [0.2, 0.25) is 0 Å². The van der Waals surface area contributed by atoms with Crippen molar-refractivity contribution in [2.75, 3.05) is 6.54 Å². The van der Waals surface area contributed by atoms with Crippen LogP contribution < -0.4 is 17.2 Å². The predicted molar refractivity (Wildman–Crippen MR) is 70.4 cm³/mol. The van der Waals surface area contributed by atoms with E-state index in [0.29, 0.717) is 12.8 Å². The quantitative estimate of drug-likeness (QED) is 0.320. The zero-order valence-electron chi connectivity index (χ0n) is 11.3. The summed E-state index contributed by atoms with van der Waals surface area (Å²) in [6.07, 6.45) is -4.00. The number of rotatable bonds is 3. The summed E-state index contributed by atoms with van der Waals surface area (Å²) in [5.41, 5.74) is 17.2. The largest absolute Gasteiger partial charge is 0.388 e. The van der Waals surface area contributed by atoms with Gasteiger partial charge in [-0.2, -0.15) is 0 Å². The second-order valence-corrected chi connectivity index (χ2v) is 5.74. The Kier molecular flexibility index (Phi) is 5.32. The number of aliphatic hydroxyl groups excluding tert-OH is 3. The summed E-state index contributed by atoms with van der Waals surface area (Å²) in [4.78, 5) is 0. The van der Waals surface area contributed by atoms with Gasteiger partial charge < -0.3 is 42.0 Å². The van der Waals surface area contributed by atoms with Gasteiger partial charge in [-0.3, -0.25) is 0 Å². The highest BCUT2D eigenvalue weighted by atomic mass is 16.7. The zero-order chi connectivity index (χ0) is 14.9. The molecule has 0 aromatic carbocycles. The van der Waals surface area contributed by atoms with E-state index < -0.39 is 30.7 Å². The molecular formula is C12H25N3O5. The van der Waals surface area contributed by atoms with Gasteiger partial charge in [0.2, 0.25) is 0 Å². The van der Waals surface area contributed by atoms with E-state index in [1.807, 2.05) is 0 Å². The van der Waals surface area contributed by atoms with E-state index in [2.05, 4.69) is 0 Å². The molecule has 9 N–H and O–H groups in total. The molecule has 1 saturated heterocycles. The Bertz CT molecular complexity index is 309. The van der Waals surface area contributed by atoms with Crippen molar-refractivity contribution in [2.24, 2.45) is 17.2 Å². The molecule has 1 unspecified atom stereocenters. The summed E-state index contributed by atoms with van der Waals surface area (Å²) in [5.74, 6) is 0. The maximum atomic E-state index is 9.92. The Morgan fingerprint density at radius 1 is 0.950 bits per heavy atom. The SMILES string of the molecule is NC[C@H]1O[C@@H](OC2C[C@@H](N)C[C@@H](N)C2)[C@H](O)[C@@H](O)[C@@H]1O. The highest BCUT2D eigenvalue weighted by Gasteiger charge is 2.45. The molecule has 0 radical (unpaired) electrons. The van der Waals surface area contributed by atoms with Gasteiger partial charge in [-0.1, -0.05) is 0 Å². The molecule has 118 valence electrons. The molecule has 2 rings (SSSR count). The Balaban J connectivity index is 1.97. The van der Waals surface area contributed by atoms with Crippen molar-refractivity contribution in [2.45, 2.75) is 68.2 Å². The molecule has 20 heavy (non-hydrogen) atoms. The van der Waals surface area contributed by atoms with Crippen LogP contribution >= 0.6 is 0 Å². The minimum absolute atomic E-state index is 0.0223. The Labute approximate surface area is 117 Å². The monoisotopic (exact) mass is 291 g/mol. The summed E-state index contributed by atoms with van der Waals surface area (Å²) in [5, 5.41) is 29.4. The van der Waals surface area contributed by atoms with Crippen molar-refractivity contribution >= 4 is 0 Å². The van der Waals surface area contributed by atoms with Crippen LogP contribution in [-0.2, 0) is 9.47 Å². The van der Waals surface area contributed by atoms with E-state index >= 15 is 0 Å². The third-order valence-corrected chi connectivity index (χ3v) is 3.96. The molecular weight excluding hydrogens is 266 g/mol. The lowest BCUT2D eigenvalue weighted by molar-refractivity contribution is -0.307. The summed E-state index contributed by atoms with van der Waals surface area (Å²) >= 11 is 0. The van der Waals surface area contributed by atoms with Crippen LogP contribution in [0.5, 0.6) is 0 Å². The standard InChI is InChI=1S/C12H25N3O5/c13-4-8-9(16)10(17)11(18)12(20-8)19-7-2-5(14)1-6(15)3-7/h5-12,16-18H,1-4,13-15H2/t5-,6+,7?,8-,9-,10+,11-,12-/m1/s1. The number of ether oxygens (including phenoxy) is 2. The van der Waals surface area contributed by atoms with Crippen molar-refractivity contribution in [3.8, 4) is 0 Å². The van der Waals surface area contributed by atoms with Crippen molar-refractivity contribution in [3.63, 3.8) is 0 Å². The van der Waals surface area contributed by atoms with Crippen molar-refractivity contribution < 1.29 is 24.8 Å². The van der Waals surface area contributed by atoms with Gasteiger partial charge in [0.25, 0.3) is 0 Å². The van der Waals surface area contributed by atoms with E-state index in [-0.39, 0.29) is 24.7 Å². The first-order chi connectivity index (χ1) is 9.42. The van der Waals surface area contributed by atoms with Crippen LogP contribution in [0.1, 0.15) is 19.3 Å². The van der Waals surface area contributed by atoms with Crippen LogP contribution in [0.4, 0.5) is 0 Å². The van der Waals surface area contributed by atoms with Gasteiger partial charge in [-0.05, 0) is 19.3 Å². The first-order valence-corrected chi connectivity index (χ1v) is 6.98. The summed E-state index contributed by atoms with van der Waals surface area (Å²) in [6.45, 7) is 0.0223. The lowest BCUT2D eigenvalue weighted by atomic mass is 9.89. The Morgan fingerprint density at radius 2 is 1.55 bits per heavy atom. The molecule has 1 aliphatic heterocycles. The van der Waals surface area contributed by atoms with Crippen LogP contribution in [0.15, 0.2) is 0 Å². The molecule has 8 nitrogen and oxygen atoms in total. The van der Waals surface area contributed by atoms with E-state index in [9.17, 15) is 15.3 Å². The highest BCUT2D eigenvalue weighted by molar-refractivity contribution is 4.91. The first-order valence-electron chi connectivity index (χ1n) is 6.98. The molecule has 2 aliphatic rings. The van der Waals surface area contributed by atoms with Crippen molar-refractivity contribution in [1.29, 1.82) is 0 Å². The molecule has 1 heterocycles. The van der Waals surface area contributed by atoms with Crippen LogP contribution in [0.3, 0.4) is 0 Å². The van der Waals surface area contributed by atoms with Crippen molar-refractivity contribution in [3.05, 3.63) is 0 Å². The number of nitrogens with two attached hydrogens (primary N) is 3. The average Bonchev–Trinajstić information content (AvgIpc) is 2.38. The van der Waals surface area contributed by atoms with Crippen LogP contribution in [-0.4, -0.2) is 70.8 Å². The molecule has 2 fully saturated rings. The summed E-state index contributed by atoms with van der Waals surface area (Å²) < 4.78 is 11.1. The fourth-order valence-electron chi connectivity index (χ4n) is 2.88. The van der Waals surface area contributed by atoms with Crippen LogP contribution in [0, 0.1) is 0 Å². The highest BCUT2D eigenvalue weighted by Crippen LogP contribution is 2.26. The number of hydrogen-bond acceptors (Lipinski definition) is 8. The van der Waals surface area contributed by atoms with E-state index in [1.54, 1.807) is 0 Å². The normalized spacial score (nSPS) is 50.1. The number of hydrogen-bond donors (Lipinski definition) is 6. The zero-order valence-corrected chi connectivity index (χ0v) is 11.3. The molecule has 0 bridgehead atoms. The summed E-state index contributed by atoms with van der Waals surface area (Å²) in [6, 6.07) is -0.101. The molecule has 8 atom stereocenters. The van der Waals surface area contributed by atoms with Crippen LogP contribution in [0.25, 0.3) is 0 Å². The smallest absolute Gasteiger partial charge is 0.186 e. The van der Waals surface area contributed by atoms with E-state index in [4.69, 9.17) is 26.7 Å². The molecule has 1 saturated carbocycles. The molecule has 0 spiro atoms. The van der Waals surface area contributed by atoms with Gasteiger partial charge in [-0.15, -0.1) is 0 Å². The second kappa shape index (κ2) is 6.63.